The second-order valence-corrected chi connectivity index (χ2v) is 4.85. The van der Waals surface area contributed by atoms with Crippen LogP contribution in [0, 0.1) is 0 Å². The molecule has 1 heterocycles. The molecule has 3 nitrogen and oxygen atoms in total. The van der Waals surface area contributed by atoms with Crippen LogP contribution in [-0.2, 0) is 4.79 Å². The normalized spacial score (nSPS) is 14.4. The number of allylic oxidation sites excluding steroid dienone is 1. The lowest BCUT2D eigenvalue weighted by molar-refractivity contribution is -0.114. The Bertz CT molecular complexity index is 703. The second-order valence-electron chi connectivity index (χ2n) is 4.85. The third-order valence-corrected chi connectivity index (χ3v) is 3.48. The number of carbonyl (C=O) groups is 1. The highest BCUT2D eigenvalue weighted by Gasteiger charge is 2.22. The largest absolute Gasteiger partial charge is 0.366 e. The second kappa shape index (κ2) is 5.67. The molecule has 0 fully saturated rings. The van der Waals surface area contributed by atoms with Gasteiger partial charge in [-0.15, -0.1) is 0 Å². The average Bonchev–Trinajstić information content (AvgIpc) is 2.55. The average molecular weight is 276 g/mol. The Balaban J connectivity index is 2.17. The molecule has 3 heteroatoms. The molecule has 0 aromatic heterocycles. The molecule has 0 radical (unpaired) electrons. The Labute approximate surface area is 124 Å². The SMILES string of the molecule is NC(=O)C1=C(c2ccccc2)N(c2ccccc2)C=CC1. The summed E-state index contributed by atoms with van der Waals surface area (Å²) in [5.41, 5.74) is 9.06. The van der Waals surface area contributed by atoms with Crippen molar-refractivity contribution in [1.29, 1.82) is 0 Å². The highest BCUT2D eigenvalue weighted by molar-refractivity contribution is 6.04. The van der Waals surface area contributed by atoms with E-state index in [1.807, 2.05) is 77.8 Å². The van der Waals surface area contributed by atoms with Gasteiger partial charge in [-0.25, -0.2) is 0 Å². The molecule has 3 rings (SSSR count). The molecule has 2 aromatic rings. The number of para-hydroxylation sites is 1. The van der Waals surface area contributed by atoms with Gasteiger partial charge in [0.25, 0.3) is 0 Å². The topological polar surface area (TPSA) is 46.3 Å². The molecule has 0 atom stereocenters. The molecule has 1 amide bonds. The van der Waals surface area contributed by atoms with Crippen molar-refractivity contribution in [1.82, 2.24) is 0 Å². The lowest BCUT2D eigenvalue weighted by Crippen LogP contribution is -2.25. The minimum absolute atomic E-state index is 0.376. The zero-order valence-corrected chi connectivity index (χ0v) is 11.6. The number of nitrogens with two attached hydrogens (primary N) is 1. The molecule has 0 bridgehead atoms. The monoisotopic (exact) mass is 276 g/mol. The Morgan fingerprint density at radius 1 is 0.952 bits per heavy atom. The standard InChI is InChI=1S/C18H16N2O/c19-18(21)16-12-7-13-20(15-10-5-2-6-11-15)17(16)14-8-3-1-4-9-14/h1-11,13H,12H2,(H2,19,21). The van der Waals surface area contributed by atoms with Crippen LogP contribution in [0.4, 0.5) is 5.69 Å². The van der Waals surface area contributed by atoms with Gasteiger partial charge in [-0.1, -0.05) is 54.6 Å². The Hall–Kier alpha value is -2.81. The fourth-order valence-electron chi connectivity index (χ4n) is 2.52. The maximum atomic E-state index is 11.8. The van der Waals surface area contributed by atoms with Crippen LogP contribution in [0.3, 0.4) is 0 Å². The van der Waals surface area contributed by atoms with Gasteiger partial charge in [-0.2, -0.15) is 0 Å². The van der Waals surface area contributed by atoms with E-state index in [-0.39, 0.29) is 5.91 Å². The molecule has 0 aliphatic carbocycles. The van der Waals surface area contributed by atoms with Crippen LogP contribution in [0.1, 0.15) is 12.0 Å². The molecule has 2 N–H and O–H groups in total. The van der Waals surface area contributed by atoms with Gasteiger partial charge in [-0.05, 0) is 24.1 Å². The van der Waals surface area contributed by atoms with Gasteiger partial charge in [0.1, 0.15) is 0 Å². The molecule has 2 aromatic carbocycles. The first-order valence-corrected chi connectivity index (χ1v) is 6.86. The molecule has 0 saturated carbocycles. The first-order chi connectivity index (χ1) is 10.3. The highest BCUT2D eigenvalue weighted by Crippen LogP contribution is 2.33. The molecule has 0 saturated heterocycles. The van der Waals surface area contributed by atoms with Crippen molar-refractivity contribution in [2.24, 2.45) is 5.73 Å². The first kappa shape index (κ1) is 13.2. The van der Waals surface area contributed by atoms with Crippen molar-refractivity contribution in [2.45, 2.75) is 6.42 Å². The third-order valence-electron chi connectivity index (χ3n) is 3.48. The van der Waals surface area contributed by atoms with E-state index in [0.29, 0.717) is 12.0 Å². The fraction of sp³-hybridized carbons (Fsp3) is 0.0556. The number of rotatable bonds is 3. The molecule has 1 aliphatic rings. The van der Waals surface area contributed by atoms with Gasteiger partial charge in [0.05, 0.1) is 5.70 Å². The fourth-order valence-corrected chi connectivity index (χ4v) is 2.52. The summed E-state index contributed by atoms with van der Waals surface area (Å²) in [6, 6.07) is 19.8. The number of carbonyl (C=O) groups excluding carboxylic acids is 1. The minimum atomic E-state index is -0.376. The van der Waals surface area contributed by atoms with E-state index in [1.54, 1.807) is 0 Å². The van der Waals surface area contributed by atoms with Gasteiger partial charge in [0, 0.05) is 17.5 Å². The van der Waals surface area contributed by atoms with Crippen molar-refractivity contribution in [3.8, 4) is 0 Å². The molecular weight excluding hydrogens is 260 g/mol. The van der Waals surface area contributed by atoms with Crippen LogP contribution >= 0.6 is 0 Å². The van der Waals surface area contributed by atoms with Gasteiger partial charge in [0.2, 0.25) is 5.91 Å². The first-order valence-electron chi connectivity index (χ1n) is 6.86. The maximum Gasteiger partial charge on any atom is 0.247 e. The summed E-state index contributed by atoms with van der Waals surface area (Å²) in [4.78, 5) is 13.8. The van der Waals surface area contributed by atoms with Crippen LogP contribution in [-0.4, -0.2) is 5.91 Å². The number of hydrogen-bond donors (Lipinski definition) is 1. The minimum Gasteiger partial charge on any atom is -0.366 e. The summed E-state index contributed by atoms with van der Waals surface area (Å²) >= 11 is 0. The van der Waals surface area contributed by atoms with E-state index >= 15 is 0 Å². The molecule has 0 unspecified atom stereocenters. The van der Waals surface area contributed by atoms with Crippen molar-refractivity contribution in [3.05, 3.63) is 84.1 Å². The number of amides is 1. The van der Waals surface area contributed by atoms with Crippen molar-refractivity contribution < 1.29 is 4.79 Å². The quantitative estimate of drug-likeness (QED) is 0.935. The Kier molecular flexibility index (Phi) is 3.56. The van der Waals surface area contributed by atoms with E-state index in [9.17, 15) is 4.79 Å². The maximum absolute atomic E-state index is 11.8. The summed E-state index contributed by atoms with van der Waals surface area (Å²) in [7, 11) is 0. The van der Waals surface area contributed by atoms with E-state index in [1.165, 1.54) is 0 Å². The third kappa shape index (κ3) is 2.58. The summed E-state index contributed by atoms with van der Waals surface area (Å²) in [6.07, 6.45) is 4.51. The summed E-state index contributed by atoms with van der Waals surface area (Å²) in [6.45, 7) is 0. The lowest BCUT2D eigenvalue weighted by Gasteiger charge is -2.29. The van der Waals surface area contributed by atoms with Crippen molar-refractivity contribution >= 4 is 17.3 Å². The summed E-state index contributed by atoms with van der Waals surface area (Å²) in [5.74, 6) is -0.376. The zero-order valence-electron chi connectivity index (χ0n) is 11.6. The summed E-state index contributed by atoms with van der Waals surface area (Å²) in [5, 5.41) is 0. The molecule has 104 valence electrons. The smallest absolute Gasteiger partial charge is 0.247 e. The van der Waals surface area contributed by atoms with E-state index in [2.05, 4.69) is 0 Å². The highest BCUT2D eigenvalue weighted by atomic mass is 16.1. The number of hydrogen-bond acceptors (Lipinski definition) is 2. The predicted octanol–water partition coefficient (Wildman–Crippen LogP) is 3.31. The van der Waals surface area contributed by atoms with Gasteiger partial charge < -0.3 is 10.6 Å². The number of primary amides is 1. The number of nitrogens with zero attached hydrogens (tertiary/aromatic N) is 1. The van der Waals surface area contributed by atoms with Crippen molar-refractivity contribution in [3.63, 3.8) is 0 Å². The van der Waals surface area contributed by atoms with Gasteiger partial charge in [0.15, 0.2) is 0 Å². The van der Waals surface area contributed by atoms with Crippen molar-refractivity contribution in [2.75, 3.05) is 4.90 Å². The molecule has 21 heavy (non-hydrogen) atoms. The van der Waals surface area contributed by atoms with Crippen LogP contribution in [0.15, 0.2) is 78.5 Å². The van der Waals surface area contributed by atoms with Gasteiger partial charge >= 0.3 is 0 Å². The van der Waals surface area contributed by atoms with Gasteiger partial charge in [-0.3, -0.25) is 4.79 Å². The van der Waals surface area contributed by atoms with Crippen LogP contribution in [0.2, 0.25) is 0 Å². The zero-order chi connectivity index (χ0) is 14.7. The van der Waals surface area contributed by atoms with Crippen LogP contribution < -0.4 is 10.6 Å². The van der Waals surface area contributed by atoms with E-state index in [4.69, 9.17) is 5.73 Å². The molecule has 0 spiro atoms. The predicted molar refractivity (Wildman–Crippen MR) is 85.2 cm³/mol. The van der Waals surface area contributed by atoms with E-state index in [0.717, 1.165) is 16.9 Å². The van der Waals surface area contributed by atoms with Crippen LogP contribution in [0.25, 0.3) is 5.70 Å². The molecular formula is C18H16N2O. The molecule has 1 aliphatic heterocycles. The number of benzene rings is 2. The Morgan fingerprint density at radius 2 is 1.57 bits per heavy atom. The lowest BCUT2D eigenvalue weighted by atomic mass is 9.99. The van der Waals surface area contributed by atoms with E-state index < -0.39 is 0 Å². The Morgan fingerprint density at radius 3 is 2.19 bits per heavy atom. The summed E-state index contributed by atoms with van der Waals surface area (Å²) < 4.78 is 0. The van der Waals surface area contributed by atoms with Crippen LogP contribution in [0.5, 0.6) is 0 Å². The number of anilines is 1.